The summed E-state index contributed by atoms with van der Waals surface area (Å²) in [6.07, 6.45) is 0. The van der Waals surface area contributed by atoms with Gasteiger partial charge in [-0.25, -0.2) is 8.42 Å². The highest BCUT2D eigenvalue weighted by atomic mass is 32.2. The van der Waals surface area contributed by atoms with E-state index in [1.807, 2.05) is 0 Å². The molecular weight excluding hydrogens is 290 g/mol. The molecule has 0 radical (unpaired) electrons. The number of sulfonamides is 1. The van der Waals surface area contributed by atoms with Crippen molar-refractivity contribution in [2.24, 2.45) is 5.73 Å². The number of benzene rings is 1. The van der Waals surface area contributed by atoms with Crippen LogP contribution < -0.4 is 15.8 Å². The van der Waals surface area contributed by atoms with Crippen LogP contribution in [-0.2, 0) is 14.8 Å². The number of hydrogen-bond acceptors (Lipinski definition) is 4. The van der Waals surface area contributed by atoms with Crippen molar-refractivity contribution in [2.45, 2.75) is 24.8 Å². The lowest BCUT2D eigenvalue weighted by Gasteiger charge is -2.14. The highest BCUT2D eigenvalue weighted by molar-refractivity contribution is 7.89. The summed E-state index contributed by atoms with van der Waals surface area (Å²) in [6, 6.07) is 3.99. The molecule has 1 rings (SSSR count). The Hall–Kier alpha value is -1.88. The minimum atomic E-state index is -3.80. The quantitative estimate of drug-likeness (QED) is 0.666. The third-order valence-corrected chi connectivity index (χ3v) is 4.47. The van der Waals surface area contributed by atoms with Crippen LogP contribution in [-0.4, -0.2) is 34.0 Å². The van der Waals surface area contributed by atoms with Gasteiger partial charge in [-0.05, 0) is 31.5 Å². The van der Waals surface area contributed by atoms with E-state index in [2.05, 4.69) is 21.9 Å². The van der Waals surface area contributed by atoms with Gasteiger partial charge in [0, 0.05) is 12.6 Å². The maximum atomic E-state index is 12.3. The fourth-order valence-electron chi connectivity index (χ4n) is 1.69. The van der Waals surface area contributed by atoms with Crippen molar-refractivity contribution in [2.75, 3.05) is 13.6 Å². The number of rotatable bonds is 4. The van der Waals surface area contributed by atoms with Crippen molar-refractivity contribution in [3.8, 4) is 11.8 Å². The molecule has 4 N–H and O–H groups in total. The first-order valence-electron chi connectivity index (χ1n) is 6.35. The molecule has 1 atom stereocenters. The van der Waals surface area contributed by atoms with E-state index in [1.165, 1.54) is 20.0 Å². The second kappa shape index (κ2) is 7.22. The molecule has 1 aromatic rings. The van der Waals surface area contributed by atoms with E-state index in [9.17, 15) is 13.2 Å². The third-order valence-electron chi connectivity index (χ3n) is 2.78. The Morgan fingerprint density at radius 3 is 2.67 bits per heavy atom. The van der Waals surface area contributed by atoms with Gasteiger partial charge in [0.05, 0.1) is 17.5 Å². The standard InChI is InChI=1S/C14H19N3O3S/c1-10-6-7-12(5-4-8-15)9-13(10)21(19,20)17-11(2)14(18)16-3/h6-7,9,11,17H,8,15H2,1-3H3,(H,16,18). The number of carbonyl (C=O) groups excluding carboxylic acids is 1. The first-order chi connectivity index (χ1) is 9.81. The molecule has 0 saturated carbocycles. The molecule has 7 heteroatoms. The average Bonchev–Trinajstić information content (AvgIpc) is 2.44. The second-order valence-corrected chi connectivity index (χ2v) is 6.13. The van der Waals surface area contributed by atoms with Crippen molar-refractivity contribution in [1.29, 1.82) is 0 Å². The first kappa shape index (κ1) is 17.2. The fourth-order valence-corrected chi connectivity index (χ4v) is 3.16. The summed E-state index contributed by atoms with van der Waals surface area (Å²) < 4.78 is 27.0. The highest BCUT2D eigenvalue weighted by Crippen LogP contribution is 2.17. The van der Waals surface area contributed by atoms with E-state index in [0.29, 0.717) is 11.1 Å². The maximum absolute atomic E-state index is 12.3. The normalized spacial score (nSPS) is 12.2. The molecule has 0 aliphatic carbocycles. The average molecular weight is 309 g/mol. The van der Waals surface area contributed by atoms with Crippen molar-refractivity contribution in [3.05, 3.63) is 29.3 Å². The lowest BCUT2D eigenvalue weighted by molar-refractivity contribution is -0.121. The highest BCUT2D eigenvalue weighted by Gasteiger charge is 2.23. The Balaban J connectivity index is 3.16. The number of nitrogens with one attached hydrogen (secondary N) is 2. The Kier molecular flexibility index (Phi) is 5.90. The van der Waals surface area contributed by atoms with Crippen LogP contribution in [0.15, 0.2) is 23.1 Å². The van der Waals surface area contributed by atoms with E-state index in [-0.39, 0.29) is 11.4 Å². The molecule has 0 spiro atoms. The molecule has 1 aromatic carbocycles. The summed E-state index contributed by atoms with van der Waals surface area (Å²) in [7, 11) is -2.36. The first-order valence-corrected chi connectivity index (χ1v) is 7.83. The minimum Gasteiger partial charge on any atom is -0.358 e. The van der Waals surface area contributed by atoms with Gasteiger partial charge in [0.25, 0.3) is 0 Å². The number of aryl methyl sites for hydroxylation is 1. The lowest BCUT2D eigenvalue weighted by Crippen LogP contribution is -2.43. The summed E-state index contributed by atoms with van der Waals surface area (Å²) >= 11 is 0. The van der Waals surface area contributed by atoms with Gasteiger partial charge in [0.2, 0.25) is 15.9 Å². The smallest absolute Gasteiger partial charge is 0.241 e. The lowest BCUT2D eigenvalue weighted by atomic mass is 10.1. The van der Waals surface area contributed by atoms with E-state index in [4.69, 9.17) is 5.73 Å². The van der Waals surface area contributed by atoms with Gasteiger partial charge < -0.3 is 11.1 Å². The van der Waals surface area contributed by atoms with E-state index < -0.39 is 22.0 Å². The van der Waals surface area contributed by atoms with Gasteiger partial charge in [-0.1, -0.05) is 17.9 Å². The molecule has 0 fully saturated rings. The number of nitrogens with two attached hydrogens (primary N) is 1. The van der Waals surface area contributed by atoms with Crippen LogP contribution >= 0.6 is 0 Å². The van der Waals surface area contributed by atoms with Crippen LogP contribution in [0.25, 0.3) is 0 Å². The molecule has 0 heterocycles. The topological polar surface area (TPSA) is 101 Å². The van der Waals surface area contributed by atoms with Gasteiger partial charge >= 0.3 is 0 Å². The van der Waals surface area contributed by atoms with E-state index in [1.54, 1.807) is 19.1 Å². The largest absolute Gasteiger partial charge is 0.358 e. The van der Waals surface area contributed by atoms with Crippen LogP contribution in [0.4, 0.5) is 0 Å². The van der Waals surface area contributed by atoms with Crippen LogP contribution in [0.2, 0.25) is 0 Å². The van der Waals surface area contributed by atoms with Crippen LogP contribution in [0, 0.1) is 18.8 Å². The van der Waals surface area contributed by atoms with Gasteiger partial charge in [-0.15, -0.1) is 0 Å². The van der Waals surface area contributed by atoms with Crippen molar-refractivity contribution < 1.29 is 13.2 Å². The summed E-state index contributed by atoms with van der Waals surface area (Å²) in [4.78, 5) is 11.5. The van der Waals surface area contributed by atoms with Gasteiger partial charge in [0.15, 0.2) is 0 Å². The summed E-state index contributed by atoms with van der Waals surface area (Å²) in [5, 5.41) is 2.39. The summed E-state index contributed by atoms with van der Waals surface area (Å²) in [5.74, 6) is 5.05. The zero-order valence-electron chi connectivity index (χ0n) is 12.2. The third kappa shape index (κ3) is 4.56. The molecule has 0 aliphatic heterocycles. The molecule has 114 valence electrons. The van der Waals surface area contributed by atoms with Crippen LogP contribution in [0.1, 0.15) is 18.1 Å². The Labute approximate surface area is 125 Å². The molecule has 0 aliphatic rings. The summed E-state index contributed by atoms with van der Waals surface area (Å²) in [6.45, 7) is 3.35. The predicted molar refractivity (Wildman–Crippen MR) is 81.0 cm³/mol. The summed E-state index contributed by atoms with van der Waals surface area (Å²) in [5.41, 5.74) is 6.42. The zero-order chi connectivity index (χ0) is 16.0. The molecule has 6 nitrogen and oxygen atoms in total. The zero-order valence-corrected chi connectivity index (χ0v) is 13.0. The molecular formula is C14H19N3O3S. The minimum absolute atomic E-state index is 0.0991. The predicted octanol–water partition coefficient (Wildman–Crippen LogP) is -0.282. The van der Waals surface area contributed by atoms with Crippen molar-refractivity contribution in [1.82, 2.24) is 10.0 Å². The Morgan fingerprint density at radius 2 is 2.10 bits per heavy atom. The van der Waals surface area contributed by atoms with Gasteiger partial charge in [-0.3, -0.25) is 4.79 Å². The van der Waals surface area contributed by atoms with Crippen LogP contribution in [0.3, 0.4) is 0 Å². The van der Waals surface area contributed by atoms with Crippen LogP contribution in [0.5, 0.6) is 0 Å². The second-order valence-electron chi connectivity index (χ2n) is 4.44. The van der Waals surface area contributed by atoms with Crippen molar-refractivity contribution >= 4 is 15.9 Å². The van der Waals surface area contributed by atoms with Gasteiger partial charge in [0.1, 0.15) is 0 Å². The molecule has 0 saturated heterocycles. The molecule has 0 bridgehead atoms. The van der Waals surface area contributed by atoms with Gasteiger partial charge in [-0.2, -0.15) is 4.72 Å². The number of amides is 1. The fraction of sp³-hybridized carbons (Fsp3) is 0.357. The van der Waals surface area contributed by atoms with Crippen molar-refractivity contribution in [3.63, 3.8) is 0 Å². The number of carbonyl (C=O) groups is 1. The monoisotopic (exact) mass is 309 g/mol. The molecule has 1 amide bonds. The molecule has 1 unspecified atom stereocenters. The van der Waals surface area contributed by atoms with E-state index >= 15 is 0 Å². The number of likely N-dealkylation sites (N-methyl/N-ethyl adjacent to an activating group) is 1. The maximum Gasteiger partial charge on any atom is 0.241 e. The molecule has 0 aromatic heterocycles. The number of hydrogen-bond donors (Lipinski definition) is 3. The Bertz CT molecular complexity index is 687. The molecule has 21 heavy (non-hydrogen) atoms. The van der Waals surface area contributed by atoms with E-state index in [0.717, 1.165) is 0 Å². The SMILES string of the molecule is CNC(=O)C(C)NS(=O)(=O)c1cc(C#CCN)ccc1C. The Morgan fingerprint density at radius 1 is 1.43 bits per heavy atom.